The molecule has 0 saturated carbocycles. The molecule has 2 aromatic carbocycles. The number of aryl methyl sites for hydroxylation is 1. The van der Waals surface area contributed by atoms with Gasteiger partial charge in [-0.3, -0.25) is 9.59 Å². The summed E-state index contributed by atoms with van der Waals surface area (Å²) >= 11 is 0. The predicted molar refractivity (Wildman–Crippen MR) is 121 cm³/mol. The molecule has 1 heterocycles. The molecule has 0 unspecified atom stereocenters. The van der Waals surface area contributed by atoms with Gasteiger partial charge in [0.15, 0.2) is 0 Å². The van der Waals surface area contributed by atoms with Crippen molar-refractivity contribution in [2.45, 2.75) is 32.7 Å². The summed E-state index contributed by atoms with van der Waals surface area (Å²) in [6.07, 6.45) is 3.95. The SMILES string of the molecule is CCOC(=O)Oc1ccc(C(=O)N2CCC(NC(=O)/C=C/c3ccc(C)cc3)CC2)cc1. The molecule has 2 amide bonds. The van der Waals surface area contributed by atoms with Crippen LogP contribution >= 0.6 is 0 Å². The van der Waals surface area contributed by atoms with Crippen molar-refractivity contribution in [3.8, 4) is 5.75 Å². The largest absolute Gasteiger partial charge is 0.513 e. The number of piperidine rings is 1. The predicted octanol–water partition coefficient (Wildman–Crippen LogP) is 3.96. The summed E-state index contributed by atoms with van der Waals surface area (Å²) in [5, 5.41) is 3.01. The van der Waals surface area contributed by atoms with E-state index in [9.17, 15) is 14.4 Å². The van der Waals surface area contributed by atoms with Crippen LogP contribution in [0.4, 0.5) is 4.79 Å². The summed E-state index contributed by atoms with van der Waals surface area (Å²) in [6, 6.07) is 14.4. The monoisotopic (exact) mass is 436 g/mol. The third-order valence-electron chi connectivity index (χ3n) is 5.20. The smallest absolute Gasteiger partial charge is 0.434 e. The van der Waals surface area contributed by atoms with Gasteiger partial charge in [-0.2, -0.15) is 0 Å². The van der Waals surface area contributed by atoms with Crippen LogP contribution in [0.5, 0.6) is 5.75 Å². The number of ether oxygens (including phenoxy) is 2. The molecule has 32 heavy (non-hydrogen) atoms. The minimum atomic E-state index is -0.774. The van der Waals surface area contributed by atoms with E-state index in [4.69, 9.17) is 9.47 Å². The third-order valence-corrected chi connectivity index (χ3v) is 5.20. The van der Waals surface area contributed by atoms with Crippen molar-refractivity contribution in [1.82, 2.24) is 10.2 Å². The lowest BCUT2D eigenvalue weighted by Gasteiger charge is -2.32. The minimum absolute atomic E-state index is 0.0366. The van der Waals surface area contributed by atoms with Crippen molar-refractivity contribution in [1.29, 1.82) is 0 Å². The van der Waals surface area contributed by atoms with E-state index in [1.165, 1.54) is 5.56 Å². The van der Waals surface area contributed by atoms with Crippen LogP contribution in [-0.2, 0) is 9.53 Å². The van der Waals surface area contributed by atoms with Gasteiger partial charge in [0.05, 0.1) is 6.61 Å². The number of likely N-dealkylation sites (tertiary alicyclic amines) is 1. The van der Waals surface area contributed by atoms with Crippen LogP contribution in [0.1, 0.15) is 41.3 Å². The van der Waals surface area contributed by atoms with E-state index in [2.05, 4.69) is 5.32 Å². The Balaban J connectivity index is 1.45. The summed E-state index contributed by atoms with van der Waals surface area (Å²) in [4.78, 5) is 38.1. The number of benzene rings is 2. The maximum absolute atomic E-state index is 12.7. The zero-order valence-electron chi connectivity index (χ0n) is 18.4. The number of nitrogens with one attached hydrogen (secondary N) is 1. The Hall–Kier alpha value is -3.61. The number of hydrogen-bond donors (Lipinski definition) is 1. The van der Waals surface area contributed by atoms with Crippen molar-refractivity contribution in [2.75, 3.05) is 19.7 Å². The maximum Gasteiger partial charge on any atom is 0.513 e. The zero-order chi connectivity index (χ0) is 22.9. The van der Waals surface area contributed by atoms with Crippen molar-refractivity contribution in [3.05, 3.63) is 71.3 Å². The first kappa shape index (κ1) is 23.1. The Morgan fingerprint density at radius 2 is 1.69 bits per heavy atom. The Labute approximate surface area is 188 Å². The molecule has 1 N–H and O–H groups in total. The number of amides is 2. The minimum Gasteiger partial charge on any atom is -0.434 e. The Bertz CT molecular complexity index is 959. The van der Waals surface area contributed by atoms with Crippen LogP contribution in [-0.4, -0.2) is 48.6 Å². The van der Waals surface area contributed by atoms with Gasteiger partial charge < -0.3 is 19.7 Å². The first-order valence-electron chi connectivity index (χ1n) is 10.7. The van der Waals surface area contributed by atoms with E-state index in [-0.39, 0.29) is 24.5 Å². The zero-order valence-corrected chi connectivity index (χ0v) is 18.4. The Morgan fingerprint density at radius 1 is 1.03 bits per heavy atom. The number of nitrogens with zero attached hydrogens (tertiary/aromatic N) is 1. The molecule has 0 spiro atoms. The third kappa shape index (κ3) is 6.70. The van der Waals surface area contributed by atoms with Crippen molar-refractivity contribution < 1.29 is 23.9 Å². The Kier molecular flexibility index (Phi) is 8.02. The molecule has 0 atom stereocenters. The van der Waals surface area contributed by atoms with Crippen LogP contribution in [0.3, 0.4) is 0 Å². The lowest BCUT2D eigenvalue weighted by Crippen LogP contribution is -2.46. The van der Waals surface area contributed by atoms with Crippen molar-refractivity contribution >= 4 is 24.0 Å². The van der Waals surface area contributed by atoms with Gasteiger partial charge in [-0.1, -0.05) is 29.8 Å². The standard InChI is InChI=1S/C25H28N2O5/c1-3-31-25(30)32-22-11-9-20(10-12-22)24(29)27-16-14-21(15-17-27)26-23(28)13-8-19-6-4-18(2)5-7-19/h4-13,21H,3,14-17H2,1-2H3,(H,26,28)/b13-8+. The van der Waals surface area contributed by atoms with Gasteiger partial charge in [-0.15, -0.1) is 0 Å². The molecule has 0 aliphatic carbocycles. The van der Waals surface area contributed by atoms with Crippen molar-refractivity contribution in [2.24, 2.45) is 0 Å². The quantitative estimate of drug-likeness (QED) is 0.421. The molecule has 1 saturated heterocycles. The van der Waals surface area contributed by atoms with Gasteiger partial charge in [0.1, 0.15) is 5.75 Å². The fourth-order valence-electron chi connectivity index (χ4n) is 3.42. The van der Waals surface area contributed by atoms with E-state index >= 15 is 0 Å². The highest BCUT2D eigenvalue weighted by Crippen LogP contribution is 2.17. The second kappa shape index (κ2) is 11.1. The van der Waals surface area contributed by atoms with Crippen LogP contribution < -0.4 is 10.1 Å². The number of carbonyl (C=O) groups is 3. The fraction of sp³-hybridized carbons (Fsp3) is 0.320. The van der Waals surface area contributed by atoms with E-state index < -0.39 is 6.16 Å². The lowest BCUT2D eigenvalue weighted by molar-refractivity contribution is -0.117. The summed E-state index contributed by atoms with van der Waals surface area (Å²) in [5.74, 6) is 0.101. The molecule has 2 aromatic rings. The Morgan fingerprint density at radius 3 is 2.31 bits per heavy atom. The summed E-state index contributed by atoms with van der Waals surface area (Å²) < 4.78 is 9.74. The second-order valence-electron chi connectivity index (χ2n) is 7.63. The van der Waals surface area contributed by atoms with Gasteiger partial charge in [0.2, 0.25) is 5.91 Å². The average molecular weight is 437 g/mol. The van der Waals surface area contributed by atoms with Gasteiger partial charge >= 0.3 is 6.16 Å². The number of rotatable bonds is 6. The molecule has 1 aliphatic rings. The van der Waals surface area contributed by atoms with Crippen LogP contribution in [0.15, 0.2) is 54.6 Å². The molecule has 0 radical (unpaired) electrons. The summed E-state index contributed by atoms with van der Waals surface area (Å²) in [5.41, 5.74) is 2.67. The van der Waals surface area contributed by atoms with Gasteiger partial charge in [0.25, 0.3) is 5.91 Å². The number of hydrogen-bond acceptors (Lipinski definition) is 5. The second-order valence-corrected chi connectivity index (χ2v) is 7.63. The van der Waals surface area contributed by atoms with E-state index in [1.807, 2.05) is 31.2 Å². The molecule has 7 nitrogen and oxygen atoms in total. The fourth-order valence-corrected chi connectivity index (χ4v) is 3.42. The molecule has 1 aliphatic heterocycles. The molecule has 1 fully saturated rings. The highest BCUT2D eigenvalue weighted by molar-refractivity contribution is 5.94. The molecule has 7 heteroatoms. The highest BCUT2D eigenvalue weighted by Gasteiger charge is 2.24. The van der Waals surface area contributed by atoms with Gasteiger partial charge in [0, 0.05) is 30.8 Å². The van der Waals surface area contributed by atoms with E-state index in [0.717, 1.165) is 5.56 Å². The molecular weight excluding hydrogens is 408 g/mol. The van der Waals surface area contributed by atoms with Gasteiger partial charge in [-0.05, 0) is 62.6 Å². The maximum atomic E-state index is 12.7. The molecule has 3 rings (SSSR count). The summed E-state index contributed by atoms with van der Waals surface area (Å²) in [6.45, 7) is 5.07. The van der Waals surface area contributed by atoms with Crippen LogP contribution in [0.25, 0.3) is 6.08 Å². The molecule has 0 bridgehead atoms. The molecule has 0 aromatic heterocycles. The highest BCUT2D eigenvalue weighted by atomic mass is 16.7. The van der Waals surface area contributed by atoms with E-state index in [1.54, 1.807) is 48.2 Å². The lowest BCUT2D eigenvalue weighted by atomic mass is 10.0. The van der Waals surface area contributed by atoms with Crippen LogP contribution in [0.2, 0.25) is 0 Å². The first-order valence-corrected chi connectivity index (χ1v) is 10.7. The molecular formula is C25H28N2O5. The average Bonchev–Trinajstić information content (AvgIpc) is 2.79. The number of carbonyl (C=O) groups excluding carboxylic acids is 3. The summed E-state index contributed by atoms with van der Waals surface area (Å²) in [7, 11) is 0. The van der Waals surface area contributed by atoms with Crippen LogP contribution in [0, 0.1) is 6.92 Å². The normalized spacial score (nSPS) is 14.2. The topological polar surface area (TPSA) is 84.9 Å². The van der Waals surface area contributed by atoms with Gasteiger partial charge in [-0.25, -0.2) is 4.79 Å². The molecule has 168 valence electrons. The van der Waals surface area contributed by atoms with Crippen molar-refractivity contribution in [3.63, 3.8) is 0 Å². The van der Waals surface area contributed by atoms with E-state index in [0.29, 0.717) is 37.2 Å². The first-order chi connectivity index (χ1) is 15.4.